The number of hydrogen-bond donors (Lipinski definition) is 0. The molecule has 4 rings (SSSR count). The molecule has 1 heterocycles. The maximum Gasteiger partial charge on any atom is 0.244 e. The lowest BCUT2D eigenvalue weighted by Gasteiger charge is -2.44. The number of sulfone groups is 1. The number of carbonyl (C=O) groups excluding carboxylic acids is 1. The molecule has 0 bridgehead atoms. The van der Waals surface area contributed by atoms with Gasteiger partial charge < -0.3 is 4.90 Å². The lowest BCUT2D eigenvalue weighted by molar-refractivity contribution is -0.133. The van der Waals surface area contributed by atoms with Crippen molar-refractivity contribution in [3.8, 4) is 0 Å². The fourth-order valence-corrected chi connectivity index (χ4v) is 6.33. The maximum atomic E-state index is 13.1. The van der Waals surface area contributed by atoms with Gasteiger partial charge in [-0.05, 0) is 56.1 Å². The van der Waals surface area contributed by atoms with Crippen LogP contribution in [0.1, 0.15) is 56.1 Å². The Morgan fingerprint density at radius 3 is 2.48 bits per heavy atom. The minimum absolute atomic E-state index is 0.00852. The predicted octanol–water partition coefficient (Wildman–Crippen LogP) is 2.85. The first-order valence-electron chi connectivity index (χ1n) is 9.45. The molecule has 0 N–H and O–H groups in total. The van der Waals surface area contributed by atoms with Crippen LogP contribution in [0.25, 0.3) is 0 Å². The van der Waals surface area contributed by atoms with Crippen molar-refractivity contribution >= 4 is 15.7 Å². The molecule has 136 valence electrons. The van der Waals surface area contributed by atoms with Crippen LogP contribution >= 0.6 is 0 Å². The summed E-state index contributed by atoms with van der Waals surface area (Å²) in [6, 6.07) is 8.66. The van der Waals surface area contributed by atoms with Gasteiger partial charge in [-0.15, -0.1) is 0 Å². The average Bonchev–Trinajstić information content (AvgIpc) is 3.41. The normalized spacial score (nSPS) is 28.3. The van der Waals surface area contributed by atoms with Crippen LogP contribution in [-0.2, 0) is 26.5 Å². The van der Waals surface area contributed by atoms with Crippen LogP contribution in [0.3, 0.4) is 0 Å². The maximum absolute atomic E-state index is 13.1. The summed E-state index contributed by atoms with van der Waals surface area (Å²) in [5.41, 5.74) is 2.82. The number of rotatable bonds is 2. The van der Waals surface area contributed by atoms with Crippen LogP contribution in [0.4, 0.5) is 0 Å². The highest BCUT2D eigenvalue weighted by Gasteiger charge is 2.60. The Balaban J connectivity index is 1.67. The minimum Gasteiger partial charge on any atom is -0.340 e. The van der Waals surface area contributed by atoms with E-state index in [-0.39, 0.29) is 11.3 Å². The van der Waals surface area contributed by atoms with Crippen LogP contribution < -0.4 is 0 Å². The topological polar surface area (TPSA) is 54.5 Å². The van der Waals surface area contributed by atoms with E-state index in [1.54, 1.807) is 0 Å². The molecule has 25 heavy (non-hydrogen) atoms. The van der Waals surface area contributed by atoms with E-state index in [4.69, 9.17) is 0 Å². The van der Waals surface area contributed by atoms with E-state index >= 15 is 0 Å². The molecule has 1 aromatic carbocycles. The van der Waals surface area contributed by atoms with Gasteiger partial charge >= 0.3 is 0 Å². The molecule has 1 amide bonds. The highest BCUT2D eigenvalue weighted by atomic mass is 32.2. The summed E-state index contributed by atoms with van der Waals surface area (Å²) in [6.07, 6.45) is 8.83. The number of likely N-dealkylation sites (tertiary alicyclic amines) is 1. The summed E-state index contributed by atoms with van der Waals surface area (Å²) in [6.45, 7) is 1.38. The first-order valence-corrected chi connectivity index (χ1v) is 11.3. The average molecular weight is 362 g/mol. The number of benzene rings is 1. The lowest BCUT2D eigenvalue weighted by atomic mass is 9.70. The molecule has 1 aliphatic heterocycles. The molecular formula is C20H27NO3S. The van der Waals surface area contributed by atoms with Gasteiger partial charge in [0.15, 0.2) is 14.6 Å². The van der Waals surface area contributed by atoms with Gasteiger partial charge in [-0.3, -0.25) is 4.79 Å². The Bertz CT molecular complexity index is 797. The van der Waals surface area contributed by atoms with Crippen LogP contribution in [0.2, 0.25) is 0 Å². The molecule has 2 fully saturated rings. The predicted molar refractivity (Wildman–Crippen MR) is 98.3 cm³/mol. The van der Waals surface area contributed by atoms with E-state index < -0.39 is 14.6 Å². The molecule has 5 heteroatoms. The molecule has 0 radical (unpaired) electrons. The molecule has 2 aliphatic carbocycles. The quantitative estimate of drug-likeness (QED) is 0.814. The summed E-state index contributed by atoms with van der Waals surface area (Å²) in [5.74, 6) is -0.143. The molecule has 1 spiro atoms. The fraction of sp³-hybridized carbons (Fsp3) is 0.650. The van der Waals surface area contributed by atoms with Crippen molar-refractivity contribution in [1.82, 2.24) is 4.90 Å². The number of hydrogen-bond acceptors (Lipinski definition) is 3. The van der Waals surface area contributed by atoms with Crippen LogP contribution in [0.5, 0.6) is 0 Å². The molecule has 1 aromatic rings. The van der Waals surface area contributed by atoms with Crippen molar-refractivity contribution in [3.63, 3.8) is 0 Å². The Kier molecular flexibility index (Phi) is 3.98. The van der Waals surface area contributed by atoms with E-state index in [2.05, 4.69) is 24.3 Å². The van der Waals surface area contributed by atoms with Gasteiger partial charge in [-0.25, -0.2) is 8.42 Å². The second-order valence-electron chi connectivity index (χ2n) is 8.24. The van der Waals surface area contributed by atoms with Crippen LogP contribution in [0, 0.1) is 0 Å². The lowest BCUT2D eigenvalue weighted by Crippen LogP contribution is -2.53. The summed E-state index contributed by atoms with van der Waals surface area (Å²) in [4.78, 5) is 15.0. The van der Waals surface area contributed by atoms with Gasteiger partial charge in [0.1, 0.15) is 0 Å². The first-order chi connectivity index (χ1) is 11.9. The number of fused-ring (bicyclic) bond motifs is 2. The zero-order valence-corrected chi connectivity index (χ0v) is 15.8. The van der Waals surface area contributed by atoms with Crippen molar-refractivity contribution in [2.45, 2.75) is 61.5 Å². The van der Waals surface area contributed by atoms with Gasteiger partial charge in [0, 0.05) is 24.8 Å². The zero-order chi connectivity index (χ0) is 17.7. The van der Waals surface area contributed by atoms with Gasteiger partial charge in [-0.1, -0.05) is 30.7 Å². The smallest absolute Gasteiger partial charge is 0.244 e. The van der Waals surface area contributed by atoms with Gasteiger partial charge in [0.05, 0.1) is 0 Å². The van der Waals surface area contributed by atoms with Crippen molar-refractivity contribution in [1.29, 1.82) is 0 Å². The van der Waals surface area contributed by atoms with Crippen LogP contribution in [0.15, 0.2) is 24.3 Å². The fourth-order valence-electron chi connectivity index (χ4n) is 5.04. The summed E-state index contributed by atoms with van der Waals surface area (Å²) in [7, 11) is -3.34. The van der Waals surface area contributed by atoms with E-state index in [1.165, 1.54) is 30.2 Å². The highest BCUT2D eigenvalue weighted by Crippen LogP contribution is 2.48. The van der Waals surface area contributed by atoms with Crippen molar-refractivity contribution in [2.24, 2.45) is 0 Å². The zero-order valence-electron chi connectivity index (χ0n) is 15.0. The molecule has 3 aliphatic rings. The number of amides is 1. The molecular weight excluding hydrogens is 334 g/mol. The van der Waals surface area contributed by atoms with Crippen molar-refractivity contribution in [2.75, 3.05) is 19.3 Å². The number of nitrogens with zero attached hydrogens (tertiary/aromatic N) is 1. The molecule has 1 saturated carbocycles. The minimum atomic E-state index is -3.34. The number of carbonyl (C=O) groups is 1. The third-order valence-electron chi connectivity index (χ3n) is 6.61. The second-order valence-corrected chi connectivity index (χ2v) is 10.6. The van der Waals surface area contributed by atoms with E-state index in [1.807, 2.05) is 4.90 Å². The van der Waals surface area contributed by atoms with E-state index in [0.717, 1.165) is 25.7 Å². The molecule has 1 saturated heterocycles. The summed E-state index contributed by atoms with van der Waals surface area (Å²) in [5, 5.41) is 0. The van der Waals surface area contributed by atoms with E-state index in [0.29, 0.717) is 25.9 Å². The van der Waals surface area contributed by atoms with Gasteiger partial charge in [-0.2, -0.15) is 0 Å². The molecule has 1 unspecified atom stereocenters. The number of piperidine rings is 1. The van der Waals surface area contributed by atoms with E-state index in [9.17, 15) is 13.2 Å². The molecule has 1 atom stereocenters. The largest absolute Gasteiger partial charge is 0.340 e. The standard InChI is InChI=1S/C20H27NO3S/c1-25(23,24)20(12-13-20)18(22)21-14-6-11-19(15-21)10-5-4-8-16-7-2-3-9-17(16)19/h2-3,7,9H,4-6,8,10-15H2,1H3. The van der Waals surface area contributed by atoms with Crippen LogP contribution in [-0.4, -0.2) is 43.3 Å². The third-order valence-corrected chi connectivity index (χ3v) is 8.61. The van der Waals surface area contributed by atoms with Crippen molar-refractivity contribution in [3.05, 3.63) is 35.4 Å². The Hall–Kier alpha value is -1.36. The number of aryl methyl sites for hydroxylation is 1. The Labute approximate surface area is 150 Å². The SMILES string of the molecule is CS(=O)(=O)C1(C(=O)N2CCCC3(CCCCc4ccccc43)C2)CC1. The summed E-state index contributed by atoms with van der Waals surface area (Å²) < 4.78 is 23.2. The van der Waals surface area contributed by atoms with Crippen molar-refractivity contribution < 1.29 is 13.2 Å². The second kappa shape index (κ2) is 5.83. The molecule has 4 nitrogen and oxygen atoms in total. The third kappa shape index (κ3) is 2.71. The van der Waals surface area contributed by atoms with Gasteiger partial charge in [0.25, 0.3) is 0 Å². The molecule has 0 aromatic heterocycles. The monoisotopic (exact) mass is 361 g/mol. The highest BCUT2D eigenvalue weighted by molar-refractivity contribution is 7.93. The Morgan fingerprint density at radius 2 is 1.76 bits per heavy atom. The summed E-state index contributed by atoms with van der Waals surface area (Å²) >= 11 is 0. The Morgan fingerprint density at radius 1 is 1.04 bits per heavy atom. The first kappa shape index (κ1) is 17.1. The van der Waals surface area contributed by atoms with Gasteiger partial charge in [0.2, 0.25) is 5.91 Å².